The van der Waals surface area contributed by atoms with Gasteiger partial charge in [-0.1, -0.05) is 30.9 Å². The molecular weight excluding hydrogens is 444 g/mol. The average molecular weight is 467 g/mol. The number of nitrogens with two attached hydrogens (primary N) is 1. The number of carbonyl (C=O) groups excluding carboxylic acids is 3. The molecule has 1 heterocycles. The van der Waals surface area contributed by atoms with Crippen molar-refractivity contribution in [3.8, 4) is 0 Å². The Morgan fingerprint density at radius 3 is 2.56 bits per heavy atom. The van der Waals surface area contributed by atoms with Crippen LogP contribution in [0.2, 0.25) is 0 Å². The molecule has 0 radical (unpaired) electrons. The number of amides is 4. The monoisotopic (exact) mass is 467 g/mol. The van der Waals surface area contributed by atoms with Crippen molar-refractivity contribution in [3.63, 3.8) is 0 Å². The smallest absolute Gasteiger partial charge is 0.321 e. The SMILES string of the molecule is C=C/C=C\C(=O)N(N)c1cc(NC(=O)C2=CN(C)C(=O)N[C@H]2c2ccc(F)cc2)c(C)cc1F. The van der Waals surface area contributed by atoms with Gasteiger partial charge in [0.05, 0.1) is 17.3 Å². The number of urea groups is 1. The highest BCUT2D eigenvalue weighted by atomic mass is 19.1. The normalized spacial score (nSPS) is 15.6. The molecule has 4 N–H and O–H groups in total. The van der Waals surface area contributed by atoms with Gasteiger partial charge in [0.25, 0.3) is 11.8 Å². The summed E-state index contributed by atoms with van der Waals surface area (Å²) in [7, 11) is 1.47. The number of aryl methyl sites for hydroxylation is 1. The topological polar surface area (TPSA) is 108 Å². The zero-order valence-corrected chi connectivity index (χ0v) is 18.5. The largest absolute Gasteiger partial charge is 0.327 e. The highest BCUT2D eigenvalue weighted by Gasteiger charge is 2.31. The predicted molar refractivity (Wildman–Crippen MR) is 124 cm³/mol. The molecule has 176 valence electrons. The molecule has 0 bridgehead atoms. The third-order valence-electron chi connectivity index (χ3n) is 5.11. The number of carbonyl (C=O) groups is 3. The molecule has 0 saturated carbocycles. The first-order chi connectivity index (χ1) is 16.1. The van der Waals surface area contributed by atoms with Gasteiger partial charge in [0, 0.05) is 25.0 Å². The minimum atomic E-state index is -0.846. The van der Waals surface area contributed by atoms with Crippen LogP contribution in [-0.2, 0) is 9.59 Å². The van der Waals surface area contributed by atoms with Gasteiger partial charge < -0.3 is 15.5 Å². The lowest BCUT2D eigenvalue weighted by Gasteiger charge is -2.30. The molecule has 10 heteroatoms. The number of benzene rings is 2. The van der Waals surface area contributed by atoms with E-state index in [1.807, 2.05) is 0 Å². The molecule has 8 nitrogen and oxygen atoms in total. The van der Waals surface area contributed by atoms with E-state index in [0.717, 1.165) is 12.1 Å². The zero-order chi connectivity index (χ0) is 25.0. The minimum Gasteiger partial charge on any atom is -0.327 e. The molecule has 3 rings (SSSR count). The van der Waals surface area contributed by atoms with E-state index in [-0.39, 0.29) is 16.9 Å². The van der Waals surface area contributed by atoms with E-state index < -0.39 is 35.5 Å². The number of allylic oxidation sites excluding steroid dienone is 2. The summed E-state index contributed by atoms with van der Waals surface area (Å²) in [4.78, 5) is 38.7. The van der Waals surface area contributed by atoms with E-state index in [0.29, 0.717) is 16.1 Å². The standard InChI is InChI=1S/C24H23F2N5O3/c1-4-5-6-21(32)31(27)20-12-19(14(2)11-18(20)26)28-23(33)17-13-30(3)24(34)29-22(17)15-7-9-16(25)10-8-15/h4-13,22H,1,27H2,2-3H3,(H,28,33)(H,29,34)/b6-5-/t22-/m0/s1. The first-order valence-electron chi connectivity index (χ1n) is 10.1. The number of hydrogen-bond acceptors (Lipinski definition) is 4. The van der Waals surface area contributed by atoms with E-state index >= 15 is 0 Å². The molecule has 4 amide bonds. The van der Waals surface area contributed by atoms with Gasteiger partial charge in [-0.25, -0.2) is 24.4 Å². The first kappa shape index (κ1) is 24.3. The number of nitrogens with one attached hydrogen (secondary N) is 2. The Morgan fingerprint density at radius 2 is 1.91 bits per heavy atom. The number of hydrogen-bond donors (Lipinski definition) is 3. The summed E-state index contributed by atoms with van der Waals surface area (Å²) < 4.78 is 27.9. The van der Waals surface area contributed by atoms with Crippen molar-refractivity contribution in [2.24, 2.45) is 5.84 Å². The first-order valence-corrected chi connectivity index (χ1v) is 10.1. The maximum atomic E-state index is 14.5. The summed E-state index contributed by atoms with van der Waals surface area (Å²) in [6, 6.07) is 6.44. The van der Waals surface area contributed by atoms with Crippen LogP contribution < -0.4 is 21.5 Å². The van der Waals surface area contributed by atoms with Crippen LogP contribution in [-0.4, -0.2) is 29.8 Å². The number of rotatable bonds is 6. The molecule has 1 aliphatic heterocycles. The number of hydrazine groups is 1. The fourth-order valence-corrected chi connectivity index (χ4v) is 3.28. The summed E-state index contributed by atoms with van der Waals surface area (Å²) in [6.45, 7) is 5.03. The van der Waals surface area contributed by atoms with Crippen LogP contribution in [0.5, 0.6) is 0 Å². The van der Waals surface area contributed by atoms with Crippen molar-refractivity contribution in [2.45, 2.75) is 13.0 Å². The minimum absolute atomic E-state index is 0.161. The van der Waals surface area contributed by atoms with Gasteiger partial charge >= 0.3 is 6.03 Å². The maximum absolute atomic E-state index is 14.5. The molecule has 0 spiro atoms. The molecule has 0 saturated heterocycles. The molecule has 0 fully saturated rings. The lowest BCUT2D eigenvalue weighted by atomic mass is 9.97. The van der Waals surface area contributed by atoms with Gasteiger partial charge in [-0.2, -0.15) is 0 Å². The Kier molecular flexibility index (Phi) is 7.22. The van der Waals surface area contributed by atoms with Crippen LogP contribution in [0.1, 0.15) is 17.2 Å². The fraction of sp³-hybridized carbons (Fsp3) is 0.125. The Morgan fingerprint density at radius 1 is 1.24 bits per heavy atom. The molecule has 0 aliphatic carbocycles. The van der Waals surface area contributed by atoms with Crippen molar-refractivity contribution < 1.29 is 23.2 Å². The average Bonchev–Trinajstić information content (AvgIpc) is 2.80. The zero-order valence-electron chi connectivity index (χ0n) is 18.5. The summed E-state index contributed by atoms with van der Waals surface area (Å²) in [6.07, 6.45) is 5.20. The van der Waals surface area contributed by atoms with Crippen LogP contribution in [0, 0.1) is 18.6 Å². The lowest BCUT2D eigenvalue weighted by molar-refractivity contribution is -0.114. The Balaban J connectivity index is 1.94. The van der Waals surface area contributed by atoms with Gasteiger partial charge in [0.15, 0.2) is 0 Å². The van der Waals surface area contributed by atoms with Crippen LogP contribution in [0.25, 0.3) is 0 Å². The van der Waals surface area contributed by atoms with Gasteiger partial charge in [0.1, 0.15) is 11.6 Å². The summed E-state index contributed by atoms with van der Waals surface area (Å²) >= 11 is 0. The Hall–Kier alpha value is -4.31. The van der Waals surface area contributed by atoms with E-state index in [1.54, 1.807) is 6.92 Å². The molecule has 34 heavy (non-hydrogen) atoms. The summed E-state index contributed by atoms with van der Waals surface area (Å²) in [5.74, 6) is 3.25. The van der Waals surface area contributed by atoms with Gasteiger partial charge in [-0.3, -0.25) is 9.59 Å². The van der Waals surface area contributed by atoms with Crippen molar-refractivity contribution in [3.05, 3.63) is 95.7 Å². The van der Waals surface area contributed by atoms with E-state index in [2.05, 4.69) is 17.2 Å². The second-order valence-corrected chi connectivity index (χ2v) is 7.51. The summed E-state index contributed by atoms with van der Waals surface area (Å²) in [5.41, 5.74) is 0.986. The maximum Gasteiger partial charge on any atom is 0.321 e. The van der Waals surface area contributed by atoms with E-state index in [4.69, 9.17) is 5.84 Å². The van der Waals surface area contributed by atoms with Crippen molar-refractivity contribution in [1.82, 2.24) is 10.2 Å². The molecule has 1 atom stereocenters. The molecule has 1 aliphatic rings. The molecule has 0 unspecified atom stereocenters. The third kappa shape index (κ3) is 5.18. The van der Waals surface area contributed by atoms with Gasteiger partial charge in [0.2, 0.25) is 0 Å². The number of halogens is 2. The van der Waals surface area contributed by atoms with Crippen LogP contribution in [0.3, 0.4) is 0 Å². The van der Waals surface area contributed by atoms with Crippen molar-refractivity contribution in [2.75, 3.05) is 17.4 Å². The number of nitrogens with zero attached hydrogens (tertiary/aromatic N) is 2. The second kappa shape index (κ2) is 10.1. The second-order valence-electron chi connectivity index (χ2n) is 7.51. The van der Waals surface area contributed by atoms with E-state index in [1.165, 1.54) is 60.6 Å². The fourth-order valence-electron chi connectivity index (χ4n) is 3.28. The molecule has 2 aromatic rings. The van der Waals surface area contributed by atoms with Crippen molar-refractivity contribution >= 4 is 29.2 Å². The lowest BCUT2D eigenvalue weighted by Crippen LogP contribution is -2.44. The predicted octanol–water partition coefficient (Wildman–Crippen LogP) is 3.44. The van der Waals surface area contributed by atoms with Gasteiger partial charge in [-0.05, 0) is 42.3 Å². The van der Waals surface area contributed by atoms with Gasteiger partial charge in [-0.15, -0.1) is 0 Å². The molecular formula is C24H23F2N5O3. The Bertz CT molecular complexity index is 1210. The summed E-state index contributed by atoms with van der Waals surface area (Å²) in [5, 5.41) is 5.98. The van der Waals surface area contributed by atoms with Crippen LogP contribution in [0.4, 0.5) is 25.0 Å². The van der Waals surface area contributed by atoms with E-state index in [9.17, 15) is 23.2 Å². The van der Waals surface area contributed by atoms with Crippen molar-refractivity contribution in [1.29, 1.82) is 0 Å². The van der Waals surface area contributed by atoms with Crippen LogP contribution in [0.15, 0.2) is 73.0 Å². The molecule has 0 aromatic heterocycles. The van der Waals surface area contributed by atoms with Crippen LogP contribution >= 0.6 is 0 Å². The highest BCUT2D eigenvalue weighted by molar-refractivity contribution is 6.07. The third-order valence-corrected chi connectivity index (χ3v) is 5.11. The molecule has 2 aromatic carbocycles. The highest BCUT2D eigenvalue weighted by Crippen LogP contribution is 2.30. The number of anilines is 2. The Labute approximate surface area is 195 Å². The quantitative estimate of drug-likeness (QED) is 0.199.